The summed E-state index contributed by atoms with van der Waals surface area (Å²) >= 11 is 13.3. The number of halogens is 4. The van der Waals surface area contributed by atoms with Gasteiger partial charge in [0, 0.05) is 35.2 Å². The zero-order valence-electron chi connectivity index (χ0n) is 6.57. The van der Waals surface area contributed by atoms with E-state index < -0.39 is 0 Å². The van der Waals surface area contributed by atoms with Crippen LogP contribution in [0.5, 0.6) is 0 Å². The zero-order chi connectivity index (χ0) is 10.9. The van der Waals surface area contributed by atoms with Gasteiger partial charge < -0.3 is 5.41 Å². The van der Waals surface area contributed by atoms with Crippen LogP contribution in [0, 0.1) is 5.41 Å². The fraction of sp³-hybridized carbons (Fsp3) is 0. The number of rotatable bonds is 2. The number of hydrogen-bond donors (Lipinski definition) is 1. The highest BCUT2D eigenvalue weighted by Crippen LogP contribution is 2.40. The fourth-order valence-electron chi connectivity index (χ4n) is 0.922. The van der Waals surface area contributed by atoms with E-state index in [-0.39, 0.29) is 0 Å². The molecule has 0 aliphatic rings. The molecule has 0 aliphatic carbocycles. The van der Waals surface area contributed by atoms with Gasteiger partial charge in [0.05, 0.1) is 0 Å². The minimum absolute atomic E-state index is 0.446. The maximum atomic E-state index is 10.8. The largest absolute Gasteiger partial charge is 0.308 e. The summed E-state index contributed by atoms with van der Waals surface area (Å²) in [4.78, 5) is 10.8. The smallest absolute Gasteiger partial charge is 0.151 e. The lowest BCUT2D eigenvalue weighted by Gasteiger charge is -2.09. The van der Waals surface area contributed by atoms with Crippen molar-refractivity contribution in [2.75, 3.05) is 0 Å². The Hall–Kier alpha value is 0.480. The molecule has 0 saturated heterocycles. The third kappa shape index (κ3) is 2.03. The first-order valence-electron chi connectivity index (χ1n) is 3.36. The van der Waals surface area contributed by atoms with Crippen LogP contribution >= 0.6 is 63.7 Å². The molecule has 0 aromatic heterocycles. The van der Waals surface area contributed by atoms with Gasteiger partial charge in [-0.05, 0) is 63.7 Å². The van der Waals surface area contributed by atoms with Crippen molar-refractivity contribution in [2.45, 2.75) is 0 Å². The van der Waals surface area contributed by atoms with Crippen molar-refractivity contribution in [2.24, 2.45) is 0 Å². The SMILES string of the molecule is N=Cc1c(Br)c(Br)c(Br)c(Br)c1C=O. The maximum absolute atomic E-state index is 10.8. The Labute approximate surface area is 114 Å². The first-order valence-corrected chi connectivity index (χ1v) is 6.53. The molecule has 0 bridgehead atoms. The van der Waals surface area contributed by atoms with Gasteiger partial charge in [-0.3, -0.25) is 4.79 Å². The molecule has 1 aromatic rings. The average Bonchev–Trinajstić information content (AvgIpc) is 2.20. The van der Waals surface area contributed by atoms with Gasteiger partial charge in [0.25, 0.3) is 0 Å². The van der Waals surface area contributed by atoms with Gasteiger partial charge in [0.2, 0.25) is 0 Å². The Morgan fingerprint density at radius 1 is 0.857 bits per heavy atom. The molecule has 2 nitrogen and oxygen atoms in total. The van der Waals surface area contributed by atoms with E-state index in [0.717, 1.165) is 15.2 Å². The molecule has 0 atom stereocenters. The van der Waals surface area contributed by atoms with Crippen LogP contribution in [-0.4, -0.2) is 12.5 Å². The number of hydrogen-bond acceptors (Lipinski definition) is 2. The van der Waals surface area contributed by atoms with Crippen LogP contribution in [0.1, 0.15) is 15.9 Å². The summed E-state index contributed by atoms with van der Waals surface area (Å²) in [5.41, 5.74) is 0.990. The topological polar surface area (TPSA) is 40.9 Å². The Bertz CT molecular complexity index is 378. The van der Waals surface area contributed by atoms with Crippen LogP contribution in [0.4, 0.5) is 0 Å². The number of carbonyl (C=O) groups is 1. The highest BCUT2D eigenvalue weighted by molar-refractivity contribution is 9.15. The van der Waals surface area contributed by atoms with Crippen LogP contribution < -0.4 is 0 Å². The van der Waals surface area contributed by atoms with Gasteiger partial charge in [-0.25, -0.2) is 0 Å². The molecule has 0 amide bonds. The van der Waals surface area contributed by atoms with E-state index in [1.807, 2.05) is 0 Å². The van der Waals surface area contributed by atoms with Gasteiger partial charge in [0.1, 0.15) is 0 Å². The summed E-state index contributed by atoms with van der Waals surface area (Å²) < 4.78 is 2.84. The molecule has 0 spiro atoms. The quantitative estimate of drug-likeness (QED) is 0.307. The molecular formula is C8H3Br4NO. The molecular weight excluding hydrogens is 446 g/mol. The summed E-state index contributed by atoms with van der Waals surface area (Å²) in [6, 6.07) is 0. The fourth-order valence-corrected chi connectivity index (χ4v) is 3.31. The van der Waals surface area contributed by atoms with E-state index >= 15 is 0 Å². The summed E-state index contributed by atoms with van der Waals surface area (Å²) in [6.07, 6.45) is 1.85. The molecule has 6 heteroatoms. The van der Waals surface area contributed by atoms with Crippen LogP contribution in [0.2, 0.25) is 0 Å². The molecule has 14 heavy (non-hydrogen) atoms. The minimum Gasteiger partial charge on any atom is -0.308 e. The van der Waals surface area contributed by atoms with Crippen molar-refractivity contribution < 1.29 is 4.79 Å². The highest BCUT2D eigenvalue weighted by Gasteiger charge is 2.16. The lowest BCUT2D eigenvalue weighted by Crippen LogP contribution is -1.96. The van der Waals surface area contributed by atoms with E-state index in [2.05, 4.69) is 63.7 Å². The Kier molecular flexibility index (Phi) is 4.49. The Morgan fingerprint density at radius 3 is 1.64 bits per heavy atom. The van der Waals surface area contributed by atoms with Gasteiger partial charge in [0.15, 0.2) is 6.29 Å². The highest BCUT2D eigenvalue weighted by atomic mass is 79.9. The zero-order valence-corrected chi connectivity index (χ0v) is 12.9. The number of nitrogens with one attached hydrogen (secondary N) is 1. The number of benzene rings is 1. The third-order valence-electron chi connectivity index (χ3n) is 1.60. The molecule has 1 rings (SSSR count). The van der Waals surface area contributed by atoms with Crippen LogP contribution in [-0.2, 0) is 0 Å². The molecule has 0 aliphatic heterocycles. The maximum Gasteiger partial charge on any atom is 0.151 e. The third-order valence-corrected chi connectivity index (χ3v) is 6.43. The summed E-state index contributed by atoms with van der Waals surface area (Å²) in [7, 11) is 0. The van der Waals surface area contributed by atoms with Gasteiger partial charge >= 0.3 is 0 Å². The van der Waals surface area contributed by atoms with Crippen LogP contribution in [0.15, 0.2) is 17.9 Å². The van der Waals surface area contributed by atoms with Crippen molar-refractivity contribution in [3.8, 4) is 0 Å². The standard InChI is InChI=1S/C8H3Br4NO/c9-5-3(1-13)4(2-14)6(10)8(12)7(5)11/h1-2,13H. The van der Waals surface area contributed by atoms with E-state index in [4.69, 9.17) is 5.41 Å². The van der Waals surface area contributed by atoms with Gasteiger partial charge in [-0.15, -0.1) is 0 Å². The predicted molar refractivity (Wildman–Crippen MR) is 70.5 cm³/mol. The number of aldehydes is 1. The second-order valence-corrected chi connectivity index (χ2v) is 5.52. The molecule has 0 heterocycles. The number of carbonyl (C=O) groups excluding carboxylic acids is 1. The molecule has 0 saturated carbocycles. The van der Waals surface area contributed by atoms with E-state index in [1.165, 1.54) is 0 Å². The van der Waals surface area contributed by atoms with Gasteiger partial charge in [-0.2, -0.15) is 0 Å². The second-order valence-electron chi connectivity index (χ2n) is 2.35. The summed E-state index contributed by atoms with van der Waals surface area (Å²) in [5.74, 6) is 0. The first-order chi connectivity index (χ1) is 6.54. The van der Waals surface area contributed by atoms with Gasteiger partial charge in [-0.1, -0.05) is 0 Å². The molecule has 74 valence electrons. The van der Waals surface area contributed by atoms with Crippen molar-refractivity contribution in [1.29, 1.82) is 5.41 Å². The molecule has 1 aromatic carbocycles. The molecule has 1 N–H and O–H groups in total. The Morgan fingerprint density at radius 2 is 1.29 bits per heavy atom. The summed E-state index contributed by atoms with van der Waals surface area (Å²) in [5, 5.41) is 7.22. The van der Waals surface area contributed by atoms with Crippen LogP contribution in [0.3, 0.4) is 0 Å². The minimum atomic E-state index is 0.446. The summed E-state index contributed by atoms with van der Waals surface area (Å²) in [6.45, 7) is 0. The lowest BCUT2D eigenvalue weighted by atomic mass is 10.1. The average molecular weight is 449 g/mol. The van der Waals surface area contributed by atoms with E-state index in [1.54, 1.807) is 0 Å². The van der Waals surface area contributed by atoms with Crippen LogP contribution in [0.25, 0.3) is 0 Å². The first kappa shape index (κ1) is 12.5. The van der Waals surface area contributed by atoms with Crippen molar-refractivity contribution >= 4 is 76.2 Å². The van der Waals surface area contributed by atoms with Crippen molar-refractivity contribution in [3.63, 3.8) is 0 Å². The van der Waals surface area contributed by atoms with E-state index in [0.29, 0.717) is 26.4 Å². The van der Waals surface area contributed by atoms with E-state index in [9.17, 15) is 4.79 Å². The van der Waals surface area contributed by atoms with Crippen molar-refractivity contribution in [1.82, 2.24) is 0 Å². The monoisotopic (exact) mass is 445 g/mol. The second kappa shape index (κ2) is 5.01. The molecule has 0 radical (unpaired) electrons. The predicted octanol–water partition coefficient (Wildman–Crippen LogP) is 4.55. The Balaban J connectivity index is 3.73. The molecule has 0 fully saturated rings. The van der Waals surface area contributed by atoms with Crippen molar-refractivity contribution in [3.05, 3.63) is 29.0 Å². The lowest BCUT2D eigenvalue weighted by molar-refractivity contribution is 0.112. The normalized spacial score (nSPS) is 10.0. The molecule has 0 unspecified atom stereocenters.